The minimum Gasteiger partial charge on any atom is -0.390 e. The number of carbonyl (C=O) groups is 1. The van der Waals surface area contributed by atoms with Gasteiger partial charge >= 0.3 is 11.7 Å². The Hall–Kier alpha value is -2.90. The normalized spacial score (nSPS) is 21.6. The fraction of sp³-hybridized carbons (Fsp3) is 0.391. The Morgan fingerprint density at radius 1 is 1.07 bits per heavy atom. The number of aliphatic hydroxyl groups is 1. The number of rotatable bonds is 3. The van der Waals surface area contributed by atoms with Crippen molar-refractivity contribution in [1.82, 2.24) is 14.5 Å². The number of nitrogens with zero attached hydrogens (tertiary/aromatic N) is 2. The summed E-state index contributed by atoms with van der Waals surface area (Å²) in [5, 5.41) is 13.4. The molecule has 1 aromatic heterocycles. The first-order valence-electron chi connectivity index (χ1n) is 10.5. The van der Waals surface area contributed by atoms with E-state index in [2.05, 4.69) is 5.32 Å². The van der Waals surface area contributed by atoms with Gasteiger partial charge in [-0.05, 0) is 42.0 Å². The summed E-state index contributed by atoms with van der Waals surface area (Å²) in [6, 6.07) is 14.0. The first-order chi connectivity index (χ1) is 14.6. The van der Waals surface area contributed by atoms with Crippen molar-refractivity contribution in [2.24, 2.45) is 5.92 Å². The highest BCUT2D eigenvalue weighted by atomic mass is 16.5. The van der Waals surface area contributed by atoms with Crippen LogP contribution in [0.1, 0.15) is 30.0 Å². The molecule has 0 bridgehead atoms. The Balaban J connectivity index is 1.49. The molecule has 7 heteroatoms. The van der Waals surface area contributed by atoms with Gasteiger partial charge in [0.25, 0.3) is 0 Å². The van der Waals surface area contributed by atoms with Crippen LogP contribution < -0.4 is 11.0 Å². The third-order valence-corrected chi connectivity index (χ3v) is 6.30. The predicted molar refractivity (Wildman–Crippen MR) is 113 cm³/mol. The smallest absolute Gasteiger partial charge is 0.337 e. The predicted octanol–water partition coefficient (Wildman–Crippen LogP) is 2.45. The maximum absolute atomic E-state index is 13.3. The van der Waals surface area contributed by atoms with E-state index in [9.17, 15) is 14.7 Å². The van der Waals surface area contributed by atoms with Gasteiger partial charge in [-0.3, -0.25) is 4.57 Å². The molecule has 2 aliphatic rings. The monoisotopic (exact) mass is 407 g/mol. The molecule has 0 saturated carbocycles. The van der Waals surface area contributed by atoms with E-state index in [1.54, 1.807) is 10.6 Å². The highest BCUT2D eigenvalue weighted by Crippen LogP contribution is 2.31. The maximum Gasteiger partial charge on any atom is 0.337 e. The van der Waals surface area contributed by atoms with Crippen molar-refractivity contribution >= 4 is 17.1 Å². The zero-order valence-corrected chi connectivity index (χ0v) is 16.7. The number of benzene rings is 2. The first kappa shape index (κ1) is 19.1. The van der Waals surface area contributed by atoms with Crippen LogP contribution in [0.5, 0.6) is 0 Å². The number of hydrogen-bond acceptors (Lipinski definition) is 4. The summed E-state index contributed by atoms with van der Waals surface area (Å²) >= 11 is 0. The van der Waals surface area contributed by atoms with Gasteiger partial charge in [0.15, 0.2) is 0 Å². The number of imidazole rings is 1. The average Bonchev–Trinajstić information content (AvgIpc) is 3.23. The van der Waals surface area contributed by atoms with Crippen LogP contribution in [0.15, 0.2) is 53.3 Å². The standard InChI is InChI=1S/C23H25N3O4/c27-20-13-16-5-1-2-6-17(16)21(20)24-22(28)26-19-8-4-3-7-18(19)25(23(26)29)14-15-9-11-30-12-10-15/h1-8,15,20-21,27H,9-14H2,(H,24,28)/t20-,21+/m1/s1. The van der Waals surface area contributed by atoms with E-state index in [1.807, 2.05) is 42.5 Å². The van der Waals surface area contributed by atoms with Crippen LogP contribution in [-0.4, -0.2) is 39.6 Å². The molecule has 1 amide bonds. The van der Waals surface area contributed by atoms with E-state index in [1.165, 1.54) is 4.57 Å². The molecule has 0 radical (unpaired) electrons. The van der Waals surface area contributed by atoms with Crippen LogP contribution >= 0.6 is 0 Å². The summed E-state index contributed by atoms with van der Waals surface area (Å²) in [6.45, 7) is 1.98. The number of aliphatic hydroxyl groups excluding tert-OH is 1. The lowest BCUT2D eigenvalue weighted by molar-refractivity contribution is 0.0613. The van der Waals surface area contributed by atoms with Crippen molar-refractivity contribution in [3.63, 3.8) is 0 Å². The number of para-hydroxylation sites is 2. The molecule has 2 atom stereocenters. The number of amides is 1. The summed E-state index contributed by atoms with van der Waals surface area (Å²) in [6.07, 6.45) is 1.59. The first-order valence-corrected chi connectivity index (χ1v) is 10.5. The van der Waals surface area contributed by atoms with Crippen molar-refractivity contribution in [1.29, 1.82) is 0 Å². The lowest BCUT2D eigenvalue weighted by Crippen LogP contribution is -2.41. The Bertz CT molecular complexity index is 1140. The van der Waals surface area contributed by atoms with Gasteiger partial charge in [-0.25, -0.2) is 14.2 Å². The van der Waals surface area contributed by atoms with Crippen LogP contribution in [0, 0.1) is 5.92 Å². The SMILES string of the molecule is O=C(N[C@H]1c2ccccc2C[C@H]1O)n1c(=O)n(CC2CCOCC2)c2ccccc21. The fourth-order valence-electron chi connectivity index (χ4n) is 4.71. The number of ether oxygens (including phenoxy) is 1. The summed E-state index contributed by atoms with van der Waals surface area (Å²) in [4.78, 5) is 26.5. The van der Waals surface area contributed by atoms with Crippen molar-refractivity contribution in [2.75, 3.05) is 13.2 Å². The zero-order chi connectivity index (χ0) is 20.7. The molecule has 2 N–H and O–H groups in total. The second-order valence-electron chi connectivity index (χ2n) is 8.17. The van der Waals surface area contributed by atoms with E-state index in [0.29, 0.717) is 37.6 Å². The Kier molecular flexibility index (Phi) is 4.92. The summed E-state index contributed by atoms with van der Waals surface area (Å²) in [5.74, 6) is 0.349. The third kappa shape index (κ3) is 3.24. The number of carbonyl (C=O) groups excluding carboxylic acids is 1. The molecule has 1 aliphatic heterocycles. The minimum absolute atomic E-state index is 0.346. The molecular formula is C23H25N3O4. The van der Waals surface area contributed by atoms with Crippen molar-refractivity contribution in [3.8, 4) is 0 Å². The lowest BCUT2D eigenvalue weighted by atomic mass is 10.0. The van der Waals surface area contributed by atoms with Gasteiger partial charge in [0.1, 0.15) is 0 Å². The van der Waals surface area contributed by atoms with Crippen LogP contribution in [0.4, 0.5) is 4.79 Å². The number of fused-ring (bicyclic) bond motifs is 2. The van der Waals surface area contributed by atoms with Gasteiger partial charge in [-0.2, -0.15) is 0 Å². The molecule has 5 rings (SSSR count). The van der Waals surface area contributed by atoms with Gasteiger partial charge in [0.05, 0.1) is 23.2 Å². The van der Waals surface area contributed by atoms with Gasteiger partial charge in [-0.15, -0.1) is 0 Å². The molecule has 0 spiro atoms. The second kappa shape index (κ2) is 7.74. The van der Waals surface area contributed by atoms with Gasteiger partial charge < -0.3 is 15.2 Å². The molecular weight excluding hydrogens is 382 g/mol. The van der Waals surface area contributed by atoms with E-state index in [0.717, 1.165) is 29.5 Å². The molecule has 0 unspecified atom stereocenters. The van der Waals surface area contributed by atoms with E-state index < -0.39 is 18.2 Å². The molecule has 3 aromatic rings. The quantitative estimate of drug-likeness (QED) is 0.698. The van der Waals surface area contributed by atoms with Crippen LogP contribution in [0.2, 0.25) is 0 Å². The number of aromatic nitrogens is 2. The minimum atomic E-state index is -0.711. The molecule has 2 aromatic carbocycles. The van der Waals surface area contributed by atoms with E-state index in [-0.39, 0.29) is 5.69 Å². The van der Waals surface area contributed by atoms with Crippen LogP contribution in [-0.2, 0) is 17.7 Å². The topological polar surface area (TPSA) is 85.5 Å². The molecule has 1 saturated heterocycles. The van der Waals surface area contributed by atoms with Crippen molar-refractivity contribution in [2.45, 2.75) is 38.0 Å². The average molecular weight is 407 g/mol. The highest BCUT2D eigenvalue weighted by molar-refractivity contribution is 5.89. The molecule has 156 valence electrons. The fourth-order valence-corrected chi connectivity index (χ4v) is 4.71. The molecule has 1 aliphatic carbocycles. The van der Waals surface area contributed by atoms with Crippen LogP contribution in [0.25, 0.3) is 11.0 Å². The largest absolute Gasteiger partial charge is 0.390 e. The Labute approximate surface area is 173 Å². The third-order valence-electron chi connectivity index (χ3n) is 6.30. The van der Waals surface area contributed by atoms with E-state index >= 15 is 0 Å². The van der Waals surface area contributed by atoms with Crippen molar-refractivity contribution < 1.29 is 14.6 Å². The maximum atomic E-state index is 13.3. The van der Waals surface area contributed by atoms with Crippen molar-refractivity contribution in [3.05, 3.63) is 70.1 Å². The van der Waals surface area contributed by atoms with Crippen LogP contribution in [0.3, 0.4) is 0 Å². The van der Waals surface area contributed by atoms with Gasteiger partial charge in [0.2, 0.25) is 0 Å². The highest BCUT2D eigenvalue weighted by Gasteiger charge is 2.33. The Morgan fingerprint density at radius 2 is 1.77 bits per heavy atom. The van der Waals surface area contributed by atoms with E-state index in [4.69, 9.17) is 4.74 Å². The molecule has 7 nitrogen and oxygen atoms in total. The molecule has 30 heavy (non-hydrogen) atoms. The Morgan fingerprint density at radius 3 is 2.57 bits per heavy atom. The summed E-state index contributed by atoms with van der Waals surface area (Å²) in [7, 11) is 0. The summed E-state index contributed by atoms with van der Waals surface area (Å²) in [5.41, 5.74) is 2.90. The number of nitrogens with one attached hydrogen (secondary N) is 1. The second-order valence-corrected chi connectivity index (χ2v) is 8.17. The van der Waals surface area contributed by atoms with Gasteiger partial charge in [0, 0.05) is 26.2 Å². The zero-order valence-electron chi connectivity index (χ0n) is 16.7. The lowest BCUT2D eigenvalue weighted by Gasteiger charge is -2.22. The summed E-state index contributed by atoms with van der Waals surface area (Å²) < 4.78 is 8.33. The van der Waals surface area contributed by atoms with Gasteiger partial charge in [-0.1, -0.05) is 36.4 Å². The molecule has 2 heterocycles. The molecule has 1 fully saturated rings. The number of hydrogen-bond donors (Lipinski definition) is 2.